The summed E-state index contributed by atoms with van der Waals surface area (Å²) in [4.78, 5) is 13.7. The first-order valence-corrected chi connectivity index (χ1v) is 5.82. The molecule has 2 amide bonds. The summed E-state index contributed by atoms with van der Waals surface area (Å²) in [7, 11) is 0. The fourth-order valence-corrected chi connectivity index (χ4v) is 1.66. The predicted octanol–water partition coefficient (Wildman–Crippen LogP) is 1.77. The maximum Gasteiger partial charge on any atom is 0.318 e. The molecule has 1 heterocycles. The highest BCUT2D eigenvalue weighted by Crippen LogP contribution is 2.20. The normalized spacial score (nSPS) is 27.3. The molecule has 0 bridgehead atoms. The summed E-state index contributed by atoms with van der Waals surface area (Å²) in [5, 5.41) is 2.87. The summed E-state index contributed by atoms with van der Waals surface area (Å²) in [5.74, 6) is 0. The van der Waals surface area contributed by atoms with Gasteiger partial charge in [0.05, 0.1) is 18.8 Å². The minimum atomic E-state index is -0.201. The molecule has 0 aliphatic carbocycles. The van der Waals surface area contributed by atoms with Crippen molar-refractivity contribution < 1.29 is 9.53 Å². The Morgan fingerprint density at radius 2 is 2.44 bits per heavy atom. The average molecular weight is 226 g/mol. The van der Waals surface area contributed by atoms with E-state index in [2.05, 4.69) is 18.8 Å². The number of carbonyl (C=O) groups excluding carboxylic acids is 1. The molecule has 0 saturated carbocycles. The van der Waals surface area contributed by atoms with Crippen molar-refractivity contribution in [2.45, 2.75) is 38.8 Å². The van der Waals surface area contributed by atoms with Gasteiger partial charge in [-0.3, -0.25) is 0 Å². The Bertz CT molecular complexity index is 268. The van der Waals surface area contributed by atoms with Gasteiger partial charge in [-0.15, -0.1) is 6.58 Å². The fourth-order valence-electron chi connectivity index (χ4n) is 1.66. The standard InChI is InChI=1S/C12H22N2O2/c1-5-10(3)13-11(15)14-7-8-16-12(4,6-2)9-14/h5,10H,1,6-9H2,2-4H3,(H,13,15)/t10-,12-/m1/s1. The third-order valence-corrected chi connectivity index (χ3v) is 3.08. The topological polar surface area (TPSA) is 41.6 Å². The van der Waals surface area contributed by atoms with Gasteiger partial charge in [-0.2, -0.15) is 0 Å². The maximum absolute atomic E-state index is 11.9. The van der Waals surface area contributed by atoms with Crippen LogP contribution in [-0.2, 0) is 4.74 Å². The number of ether oxygens (including phenoxy) is 1. The van der Waals surface area contributed by atoms with E-state index in [0.717, 1.165) is 6.42 Å². The van der Waals surface area contributed by atoms with E-state index in [4.69, 9.17) is 4.74 Å². The van der Waals surface area contributed by atoms with Crippen LogP contribution in [0, 0.1) is 0 Å². The van der Waals surface area contributed by atoms with Gasteiger partial charge in [0, 0.05) is 12.6 Å². The summed E-state index contributed by atoms with van der Waals surface area (Å²) >= 11 is 0. The van der Waals surface area contributed by atoms with Gasteiger partial charge in [0.15, 0.2) is 0 Å². The minimum Gasteiger partial charge on any atom is -0.372 e. The molecule has 0 aromatic carbocycles. The Kier molecular flexibility index (Phi) is 4.35. The van der Waals surface area contributed by atoms with Crippen LogP contribution in [0.3, 0.4) is 0 Å². The fraction of sp³-hybridized carbons (Fsp3) is 0.750. The van der Waals surface area contributed by atoms with E-state index in [1.165, 1.54) is 0 Å². The van der Waals surface area contributed by atoms with E-state index in [1.807, 2.05) is 18.7 Å². The summed E-state index contributed by atoms with van der Waals surface area (Å²) in [6.07, 6.45) is 2.63. The molecule has 1 aliphatic rings. The molecule has 2 atom stereocenters. The second kappa shape index (κ2) is 5.34. The van der Waals surface area contributed by atoms with Gasteiger partial charge in [0.1, 0.15) is 0 Å². The van der Waals surface area contributed by atoms with Crippen molar-refractivity contribution in [1.82, 2.24) is 10.2 Å². The van der Waals surface area contributed by atoms with Crippen molar-refractivity contribution >= 4 is 6.03 Å². The lowest BCUT2D eigenvalue weighted by Gasteiger charge is -2.40. The van der Waals surface area contributed by atoms with E-state index >= 15 is 0 Å². The van der Waals surface area contributed by atoms with Crippen LogP contribution in [0.2, 0.25) is 0 Å². The number of amides is 2. The van der Waals surface area contributed by atoms with E-state index < -0.39 is 0 Å². The molecule has 4 heteroatoms. The summed E-state index contributed by atoms with van der Waals surface area (Å²) in [5.41, 5.74) is -0.201. The molecular weight excluding hydrogens is 204 g/mol. The molecule has 4 nitrogen and oxygen atoms in total. The summed E-state index contributed by atoms with van der Waals surface area (Å²) in [6, 6.07) is -0.0291. The molecule has 1 N–H and O–H groups in total. The van der Waals surface area contributed by atoms with Crippen LogP contribution >= 0.6 is 0 Å². The highest BCUT2D eigenvalue weighted by atomic mass is 16.5. The predicted molar refractivity (Wildman–Crippen MR) is 64.4 cm³/mol. The van der Waals surface area contributed by atoms with Crippen LogP contribution in [0.15, 0.2) is 12.7 Å². The third-order valence-electron chi connectivity index (χ3n) is 3.08. The molecule has 0 aromatic rings. The number of morpholine rings is 1. The highest BCUT2D eigenvalue weighted by molar-refractivity contribution is 5.74. The molecule has 92 valence electrons. The molecule has 1 saturated heterocycles. The SMILES string of the molecule is C=C[C@@H](C)NC(=O)N1CCO[C@](C)(CC)C1. The largest absolute Gasteiger partial charge is 0.372 e. The quantitative estimate of drug-likeness (QED) is 0.745. The van der Waals surface area contributed by atoms with Gasteiger partial charge >= 0.3 is 6.03 Å². The highest BCUT2D eigenvalue weighted by Gasteiger charge is 2.32. The Labute approximate surface area is 97.6 Å². The Morgan fingerprint density at radius 3 is 3.00 bits per heavy atom. The van der Waals surface area contributed by atoms with Crippen molar-refractivity contribution in [3.8, 4) is 0 Å². The van der Waals surface area contributed by atoms with Crippen LogP contribution in [0.1, 0.15) is 27.2 Å². The zero-order valence-electron chi connectivity index (χ0n) is 10.5. The zero-order valence-corrected chi connectivity index (χ0v) is 10.5. The van der Waals surface area contributed by atoms with E-state index in [-0.39, 0.29) is 17.7 Å². The molecule has 1 fully saturated rings. The van der Waals surface area contributed by atoms with Crippen molar-refractivity contribution in [2.75, 3.05) is 19.7 Å². The number of rotatable bonds is 3. The number of hydrogen-bond donors (Lipinski definition) is 1. The maximum atomic E-state index is 11.9. The van der Waals surface area contributed by atoms with Crippen LogP contribution in [0.5, 0.6) is 0 Å². The molecule has 16 heavy (non-hydrogen) atoms. The number of nitrogens with zero attached hydrogens (tertiary/aromatic N) is 1. The lowest BCUT2D eigenvalue weighted by Crippen LogP contribution is -2.55. The monoisotopic (exact) mass is 226 g/mol. The number of urea groups is 1. The second-order valence-electron chi connectivity index (χ2n) is 4.55. The Hall–Kier alpha value is -1.03. The van der Waals surface area contributed by atoms with Crippen molar-refractivity contribution in [1.29, 1.82) is 0 Å². The molecule has 0 spiro atoms. The van der Waals surface area contributed by atoms with Crippen molar-refractivity contribution in [3.05, 3.63) is 12.7 Å². The molecule has 0 aromatic heterocycles. The van der Waals surface area contributed by atoms with Gasteiger partial charge in [-0.25, -0.2) is 4.79 Å². The number of nitrogens with one attached hydrogen (secondary N) is 1. The van der Waals surface area contributed by atoms with Crippen LogP contribution in [0.4, 0.5) is 4.79 Å². The van der Waals surface area contributed by atoms with Gasteiger partial charge in [-0.1, -0.05) is 13.0 Å². The molecule has 0 unspecified atom stereocenters. The van der Waals surface area contributed by atoms with Crippen molar-refractivity contribution in [3.63, 3.8) is 0 Å². The Morgan fingerprint density at radius 1 is 1.75 bits per heavy atom. The first-order valence-electron chi connectivity index (χ1n) is 5.82. The van der Waals surface area contributed by atoms with Gasteiger partial charge in [-0.05, 0) is 20.3 Å². The van der Waals surface area contributed by atoms with Crippen LogP contribution in [-0.4, -0.2) is 42.3 Å². The number of carbonyl (C=O) groups is 1. The molecular formula is C12H22N2O2. The van der Waals surface area contributed by atoms with Crippen molar-refractivity contribution in [2.24, 2.45) is 0 Å². The third kappa shape index (κ3) is 3.23. The number of hydrogen-bond acceptors (Lipinski definition) is 2. The lowest BCUT2D eigenvalue weighted by atomic mass is 10.0. The molecule has 1 rings (SSSR count). The molecule has 0 radical (unpaired) electrons. The summed E-state index contributed by atoms with van der Waals surface area (Å²) < 4.78 is 5.68. The van der Waals surface area contributed by atoms with Gasteiger partial charge in [0.2, 0.25) is 0 Å². The second-order valence-corrected chi connectivity index (χ2v) is 4.55. The smallest absolute Gasteiger partial charge is 0.318 e. The van der Waals surface area contributed by atoms with Gasteiger partial charge in [0.25, 0.3) is 0 Å². The minimum absolute atomic E-state index is 0.00299. The first kappa shape index (κ1) is 13.0. The van der Waals surface area contributed by atoms with Gasteiger partial charge < -0.3 is 15.0 Å². The average Bonchev–Trinajstić information content (AvgIpc) is 2.29. The van der Waals surface area contributed by atoms with E-state index in [9.17, 15) is 4.79 Å². The van der Waals surface area contributed by atoms with E-state index in [1.54, 1.807) is 6.08 Å². The van der Waals surface area contributed by atoms with Crippen LogP contribution in [0.25, 0.3) is 0 Å². The zero-order chi connectivity index (χ0) is 12.2. The van der Waals surface area contributed by atoms with E-state index in [0.29, 0.717) is 19.7 Å². The molecule has 1 aliphatic heterocycles. The Balaban J connectivity index is 2.53. The first-order chi connectivity index (χ1) is 7.50. The van der Waals surface area contributed by atoms with Crippen LogP contribution < -0.4 is 5.32 Å². The summed E-state index contributed by atoms with van der Waals surface area (Å²) in [6.45, 7) is 11.6. The lowest BCUT2D eigenvalue weighted by molar-refractivity contribution is -0.0873.